The van der Waals surface area contributed by atoms with Gasteiger partial charge in [0.25, 0.3) is 11.7 Å². The number of carbonyl (C=O) groups is 2. The van der Waals surface area contributed by atoms with E-state index in [0.29, 0.717) is 40.8 Å². The van der Waals surface area contributed by atoms with Gasteiger partial charge >= 0.3 is 0 Å². The van der Waals surface area contributed by atoms with Gasteiger partial charge in [0.2, 0.25) is 0 Å². The number of rotatable bonds is 8. The van der Waals surface area contributed by atoms with Crippen LogP contribution in [-0.2, 0) is 9.59 Å². The first kappa shape index (κ1) is 28.0. The third-order valence-corrected chi connectivity index (χ3v) is 6.94. The Morgan fingerprint density at radius 3 is 2.33 bits per heavy atom. The van der Waals surface area contributed by atoms with Gasteiger partial charge in [-0.15, -0.1) is 0 Å². The van der Waals surface area contributed by atoms with E-state index >= 15 is 0 Å². The van der Waals surface area contributed by atoms with Crippen molar-refractivity contribution in [3.05, 3.63) is 94.1 Å². The molecule has 4 rings (SSSR count). The molecule has 0 aliphatic carbocycles. The summed E-state index contributed by atoms with van der Waals surface area (Å²) in [5.41, 5.74) is 4.40. The van der Waals surface area contributed by atoms with Gasteiger partial charge in [-0.05, 0) is 84.3 Å². The van der Waals surface area contributed by atoms with Crippen molar-refractivity contribution in [3.8, 4) is 11.5 Å². The monoisotopic (exact) mass is 527 g/mol. The number of amides is 1. The minimum absolute atomic E-state index is 0.0467. The number of ether oxygens (including phenoxy) is 2. The zero-order chi connectivity index (χ0) is 28.4. The molecule has 1 atom stereocenters. The Morgan fingerprint density at radius 2 is 1.69 bits per heavy atom. The molecule has 0 radical (unpaired) electrons. The van der Waals surface area contributed by atoms with Crippen LogP contribution < -0.4 is 14.4 Å². The number of benzene rings is 3. The summed E-state index contributed by atoms with van der Waals surface area (Å²) in [6.07, 6.45) is 0. The maximum absolute atomic E-state index is 13.7. The molecule has 1 amide bonds. The predicted molar refractivity (Wildman–Crippen MR) is 155 cm³/mol. The number of ketones is 1. The molecule has 6 nitrogen and oxygen atoms in total. The summed E-state index contributed by atoms with van der Waals surface area (Å²) < 4.78 is 11.5. The third-order valence-electron chi connectivity index (χ3n) is 6.94. The predicted octanol–water partition coefficient (Wildman–Crippen LogP) is 7.10. The second-order valence-corrected chi connectivity index (χ2v) is 10.8. The second kappa shape index (κ2) is 11.4. The normalized spacial score (nSPS) is 16.8. The lowest BCUT2D eigenvalue weighted by Gasteiger charge is -2.26. The minimum Gasteiger partial charge on any atom is -0.507 e. The van der Waals surface area contributed by atoms with E-state index in [1.54, 1.807) is 13.2 Å². The van der Waals surface area contributed by atoms with Crippen molar-refractivity contribution in [3.63, 3.8) is 0 Å². The molecule has 204 valence electrons. The van der Waals surface area contributed by atoms with E-state index in [0.717, 1.165) is 16.7 Å². The van der Waals surface area contributed by atoms with Gasteiger partial charge in [0, 0.05) is 11.3 Å². The Bertz CT molecular complexity index is 1440. The molecule has 1 N–H and O–H groups in total. The van der Waals surface area contributed by atoms with Crippen molar-refractivity contribution in [1.82, 2.24) is 0 Å². The second-order valence-electron chi connectivity index (χ2n) is 10.8. The Labute approximate surface area is 230 Å². The fourth-order valence-corrected chi connectivity index (χ4v) is 4.96. The summed E-state index contributed by atoms with van der Waals surface area (Å²) in [7, 11) is 1.61. The van der Waals surface area contributed by atoms with Crippen LogP contribution in [0.15, 0.2) is 66.2 Å². The summed E-state index contributed by atoms with van der Waals surface area (Å²) in [4.78, 5) is 28.7. The van der Waals surface area contributed by atoms with E-state index in [1.807, 2.05) is 82.3 Å². The number of carbonyl (C=O) groups excluding carboxylic acids is 2. The van der Waals surface area contributed by atoms with Crippen molar-refractivity contribution in [2.45, 2.75) is 53.5 Å². The molecule has 1 aliphatic rings. The number of hydrogen-bond donors (Lipinski definition) is 1. The van der Waals surface area contributed by atoms with Gasteiger partial charge in [0.15, 0.2) is 0 Å². The molecular formula is C33H37NO5. The number of aryl methyl sites for hydroxylation is 2. The van der Waals surface area contributed by atoms with Crippen molar-refractivity contribution >= 4 is 23.1 Å². The van der Waals surface area contributed by atoms with E-state index in [2.05, 4.69) is 13.8 Å². The molecule has 0 bridgehead atoms. The fourth-order valence-electron chi connectivity index (χ4n) is 4.96. The van der Waals surface area contributed by atoms with E-state index in [9.17, 15) is 14.7 Å². The average molecular weight is 528 g/mol. The fraction of sp³-hybridized carbons (Fsp3) is 0.333. The Kier molecular flexibility index (Phi) is 8.14. The van der Waals surface area contributed by atoms with Crippen molar-refractivity contribution in [1.29, 1.82) is 0 Å². The Balaban J connectivity index is 1.96. The quantitative estimate of drug-likeness (QED) is 0.192. The highest BCUT2D eigenvalue weighted by Crippen LogP contribution is 2.44. The van der Waals surface area contributed by atoms with Crippen LogP contribution >= 0.6 is 0 Å². The molecular weight excluding hydrogens is 490 g/mol. The first-order chi connectivity index (χ1) is 18.5. The number of hydrogen-bond acceptors (Lipinski definition) is 5. The lowest BCUT2D eigenvalue weighted by Crippen LogP contribution is -2.29. The van der Waals surface area contributed by atoms with Crippen molar-refractivity contribution in [2.75, 3.05) is 18.6 Å². The van der Waals surface area contributed by atoms with Crippen molar-refractivity contribution < 1.29 is 24.2 Å². The number of methoxy groups -OCH3 is 1. The van der Waals surface area contributed by atoms with Crippen LogP contribution in [0, 0.1) is 19.8 Å². The largest absolute Gasteiger partial charge is 0.507 e. The average Bonchev–Trinajstić information content (AvgIpc) is 3.17. The van der Waals surface area contributed by atoms with Crippen LogP contribution in [0.3, 0.4) is 0 Å². The van der Waals surface area contributed by atoms with Crippen LogP contribution in [0.25, 0.3) is 5.76 Å². The molecule has 0 saturated carbocycles. The molecule has 0 aromatic heterocycles. The summed E-state index contributed by atoms with van der Waals surface area (Å²) >= 11 is 0. The topological polar surface area (TPSA) is 76.1 Å². The van der Waals surface area contributed by atoms with Crippen LogP contribution in [-0.4, -0.2) is 30.5 Å². The summed E-state index contributed by atoms with van der Waals surface area (Å²) in [5.74, 6) is 0.186. The lowest BCUT2D eigenvalue weighted by atomic mass is 9.91. The number of nitrogens with zero attached hydrogens (tertiary/aromatic N) is 1. The Hall–Kier alpha value is -4.06. The number of Topliss-reactive ketones (excluding diaryl/α,β-unsaturated/α-hetero) is 1. The number of anilines is 1. The van der Waals surface area contributed by atoms with Gasteiger partial charge in [-0.3, -0.25) is 14.5 Å². The van der Waals surface area contributed by atoms with Gasteiger partial charge in [0.1, 0.15) is 17.3 Å². The van der Waals surface area contributed by atoms with Gasteiger partial charge in [-0.2, -0.15) is 0 Å². The number of aliphatic hydroxyl groups excluding tert-OH is 1. The van der Waals surface area contributed by atoms with E-state index < -0.39 is 17.7 Å². The lowest BCUT2D eigenvalue weighted by molar-refractivity contribution is -0.132. The van der Waals surface area contributed by atoms with Crippen LogP contribution in [0.1, 0.15) is 67.5 Å². The number of aliphatic hydroxyl groups is 1. The molecule has 3 aromatic rings. The molecule has 1 unspecified atom stereocenters. The molecule has 39 heavy (non-hydrogen) atoms. The standard InChI is InChI=1S/C33H37NO5/c1-19(2)18-39-25-13-9-11-23(16-25)30-29(32(36)33(37)34(30)24-12-8-10-21(5)14-24)31(35)27-17-26(20(3)4)28(38-7)15-22(27)6/h8-17,19-20,30,35H,18H2,1-7H3/b31-29+. The van der Waals surface area contributed by atoms with Crippen LogP contribution in [0.5, 0.6) is 11.5 Å². The van der Waals surface area contributed by atoms with Crippen molar-refractivity contribution in [2.24, 2.45) is 5.92 Å². The maximum Gasteiger partial charge on any atom is 0.300 e. The summed E-state index contributed by atoms with van der Waals surface area (Å²) in [6, 6.07) is 17.7. The zero-order valence-electron chi connectivity index (χ0n) is 23.7. The highest BCUT2D eigenvalue weighted by Gasteiger charge is 2.47. The van der Waals surface area contributed by atoms with E-state index in [-0.39, 0.29) is 17.3 Å². The van der Waals surface area contributed by atoms with E-state index in [1.165, 1.54) is 4.90 Å². The molecule has 0 spiro atoms. The molecule has 1 heterocycles. The first-order valence-corrected chi connectivity index (χ1v) is 13.3. The molecule has 1 fully saturated rings. The van der Waals surface area contributed by atoms with Crippen LogP contribution in [0.2, 0.25) is 0 Å². The van der Waals surface area contributed by atoms with Gasteiger partial charge in [-0.25, -0.2) is 0 Å². The van der Waals surface area contributed by atoms with Gasteiger partial charge in [-0.1, -0.05) is 52.0 Å². The maximum atomic E-state index is 13.7. The Morgan fingerprint density at radius 1 is 0.974 bits per heavy atom. The molecule has 1 saturated heterocycles. The zero-order valence-corrected chi connectivity index (χ0v) is 23.7. The minimum atomic E-state index is -0.835. The van der Waals surface area contributed by atoms with Crippen LogP contribution in [0.4, 0.5) is 5.69 Å². The summed E-state index contributed by atoms with van der Waals surface area (Å²) in [6.45, 7) is 12.5. The highest BCUT2D eigenvalue weighted by atomic mass is 16.5. The summed E-state index contributed by atoms with van der Waals surface area (Å²) in [5, 5.41) is 11.8. The molecule has 1 aliphatic heterocycles. The first-order valence-electron chi connectivity index (χ1n) is 13.3. The third kappa shape index (κ3) is 5.56. The SMILES string of the molecule is COc1cc(C)c(/C(O)=C2\C(=O)C(=O)N(c3cccc(C)c3)C2c2cccc(OCC(C)C)c2)cc1C(C)C. The van der Waals surface area contributed by atoms with Gasteiger partial charge < -0.3 is 14.6 Å². The van der Waals surface area contributed by atoms with E-state index in [4.69, 9.17) is 9.47 Å². The molecule has 6 heteroatoms. The smallest absolute Gasteiger partial charge is 0.300 e. The molecule has 3 aromatic carbocycles. The van der Waals surface area contributed by atoms with Gasteiger partial charge in [0.05, 0.1) is 25.3 Å². The highest BCUT2D eigenvalue weighted by molar-refractivity contribution is 6.51.